The van der Waals surface area contributed by atoms with Gasteiger partial charge in [-0.25, -0.2) is 4.98 Å². The molecule has 1 aliphatic heterocycles. The highest BCUT2D eigenvalue weighted by atomic mass is 35.5. The van der Waals surface area contributed by atoms with Crippen molar-refractivity contribution < 1.29 is 4.79 Å². The molecule has 2 aromatic heterocycles. The fourth-order valence-electron chi connectivity index (χ4n) is 3.64. The maximum Gasteiger partial charge on any atom is 0.258 e. The van der Waals surface area contributed by atoms with E-state index in [1.54, 1.807) is 22.7 Å². The van der Waals surface area contributed by atoms with E-state index in [0.717, 1.165) is 48.1 Å². The van der Waals surface area contributed by atoms with Crippen molar-refractivity contribution in [1.29, 1.82) is 0 Å². The van der Waals surface area contributed by atoms with Gasteiger partial charge in [0.1, 0.15) is 0 Å². The Balaban J connectivity index is 1.33. The molecule has 158 valence electrons. The molecular weight excluding hydrogens is 422 g/mol. The predicted molar refractivity (Wildman–Crippen MR) is 120 cm³/mol. The number of anilines is 1. The molecule has 30 heavy (non-hydrogen) atoms. The van der Waals surface area contributed by atoms with Crippen molar-refractivity contribution in [2.75, 3.05) is 31.5 Å². The number of fused-ring (bicyclic) bond motifs is 1. The van der Waals surface area contributed by atoms with Crippen LogP contribution in [-0.4, -0.2) is 57.3 Å². The molecule has 1 N–H and O–H groups in total. The number of hydrogen-bond donors (Lipinski definition) is 1. The number of thiazole rings is 1. The monoisotopic (exact) mass is 445 g/mol. The van der Waals surface area contributed by atoms with Crippen molar-refractivity contribution in [3.05, 3.63) is 62.5 Å². The molecule has 1 saturated heterocycles. The van der Waals surface area contributed by atoms with Gasteiger partial charge in [-0.2, -0.15) is 0 Å². The van der Waals surface area contributed by atoms with E-state index in [-0.39, 0.29) is 17.5 Å². The number of aryl methyl sites for hydroxylation is 1. The minimum Gasteiger partial charge on any atom is -0.324 e. The molecule has 7 nitrogen and oxygen atoms in total. The number of carbonyl (C=O) groups is 1. The third-order valence-corrected chi connectivity index (χ3v) is 6.53. The van der Waals surface area contributed by atoms with Crippen molar-refractivity contribution >= 4 is 39.5 Å². The van der Waals surface area contributed by atoms with Crippen LogP contribution in [0.2, 0.25) is 5.02 Å². The lowest BCUT2D eigenvalue weighted by Gasteiger charge is -2.37. The standard InChI is InChI=1S/C21H24ClN5O2S/c1-14-3-4-16(22)11-18(14)24-20(29)15(2)26-7-5-25(6-8-26)13-17-12-19(28)27-9-10-30-21(27)23-17/h3-4,9-12,15H,5-8,13H2,1-2H3,(H,24,29). The van der Waals surface area contributed by atoms with Crippen molar-refractivity contribution in [2.24, 2.45) is 0 Å². The summed E-state index contributed by atoms with van der Waals surface area (Å²) in [6, 6.07) is 6.86. The van der Waals surface area contributed by atoms with Crippen LogP contribution in [-0.2, 0) is 11.3 Å². The van der Waals surface area contributed by atoms with Gasteiger partial charge in [0.05, 0.1) is 11.7 Å². The number of nitrogens with one attached hydrogen (secondary N) is 1. The third kappa shape index (κ3) is 4.57. The quantitative estimate of drug-likeness (QED) is 0.654. The number of nitrogens with zero attached hydrogens (tertiary/aromatic N) is 4. The first-order chi connectivity index (χ1) is 14.4. The minimum absolute atomic E-state index is 0.0355. The Labute approximate surface area is 183 Å². The Morgan fingerprint density at radius 2 is 2.03 bits per heavy atom. The average Bonchev–Trinajstić information content (AvgIpc) is 3.20. The first-order valence-corrected chi connectivity index (χ1v) is 11.2. The van der Waals surface area contributed by atoms with Gasteiger partial charge in [0, 0.05) is 61.1 Å². The molecule has 3 heterocycles. The average molecular weight is 446 g/mol. The second-order valence-corrected chi connectivity index (χ2v) is 8.89. The number of rotatable bonds is 5. The molecule has 9 heteroatoms. The van der Waals surface area contributed by atoms with Crippen LogP contribution in [0.25, 0.3) is 4.96 Å². The lowest BCUT2D eigenvalue weighted by Crippen LogP contribution is -2.52. The molecule has 3 aromatic rings. The number of carbonyl (C=O) groups excluding carboxylic acids is 1. The summed E-state index contributed by atoms with van der Waals surface area (Å²) in [5, 5.41) is 5.46. The van der Waals surface area contributed by atoms with Crippen molar-refractivity contribution in [3.63, 3.8) is 0 Å². The Hall–Kier alpha value is -2.26. The minimum atomic E-state index is -0.240. The zero-order valence-electron chi connectivity index (χ0n) is 17.0. The maximum absolute atomic E-state index is 12.7. The lowest BCUT2D eigenvalue weighted by atomic mass is 10.1. The number of benzene rings is 1. The molecule has 0 spiro atoms. The van der Waals surface area contributed by atoms with Gasteiger partial charge < -0.3 is 5.32 Å². The van der Waals surface area contributed by atoms with Gasteiger partial charge in [-0.1, -0.05) is 17.7 Å². The Bertz CT molecular complexity index is 1120. The van der Waals surface area contributed by atoms with E-state index >= 15 is 0 Å². The second kappa shape index (κ2) is 8.85. The summed E-state index contributed by atoms with van der Waals surface area (Å²) >= 11 is 7.51. The van der Waals surface area contributed by atoms with Gasteiger partial charge in [-0.05, 0) is 31.5 Å². The molecule has 1 aromatic carbocycles. The van der Waals surface area contributed by atoms with E-state index in [4.69, 9.17) is 11.6 Å². The van der Waals surface area contributed by atoms with E-state index in [1.807, 2.05) is 31.4 Å². The van der Waals surface area contributed by atoms with Crippen LogP contribution in [0.3, 0.4) is 0 Å². The number of amides is 1. The highest BCUT2D eigenvalue weighted by Crippen LogP contribution is 2.21. The van der Waals surface area contributed by atoms with Crippen LogP contribution in [0, 0.1) is 6.92 Å². The first kappa shape index (κ1) is 21.0. The van der Waals surface area contributed by atoms with Crippen molar-refractivity contribution in [1.82, 2.24) is 19.2 Å². The topological polar surface area (TPSA) is 70.0 Å². The summed E-state index contributed by atoms with van der Waals surface area (Å²) in [5.41, 5.74) is 2.48. The van der Waals surface area contributed by atoms with Gasteiger partial charge in [-0.3, -0.25) is 23.8 Å². The maximum atomic E-state index is 12.7. The van der Waals surface area contributed by atoms with Gasteiger partial charge >= 0.3 is 0 Å². The number of aromatic nitrogens is 2. The van der Waals surface area contributed by atoms with Gasteiger partial charge in [0.15, 0.2) is 4.96 Å². The lowest BCUT2D eigenvalue weighted by molar-refractivity contribution is -0.121. The molecule has 1 amide bonds. The summed E-state index contributed by atoms with van der Waals surface area (Å²) in [6.45, 7) is 7.71. The van der Waals surface area contributed by atoms with Crippen molar-refractivity contribution in [2.45, 2.75) is 26.4 Å². The second-order valence-electron chi connectivity index (χ2n) is 7.58. The zero-order valence-corrected chi connectivity index (χ0v) is 18.5. The van der Waals surface area contributed by atoms with Crippen LogP contribution < -0.4 is 10.9 Å². The van der Waals surface area contributed by atoms with E-state index in [0.29, 0.717) is 11.6 Å². The molecule has 1 unspecified atom stereocenters. The molecular formula is C21H24ClN5O2S. The van der Waals surface area contributed by atoms with Crippen LogP contribution in [0.5, 0.6) is 0 Å². The van der Waals surface area contributed by atoms with Crippen LogP contribution in [0.4, 0.5) is 5.69 Å². The van der Waals surface area contributed by atoms with Crippen LogP contribution >= 0.6 is 22.9 Å². The highest BCUT2D eigenvalue weighted by molar-refractivity contribution is 7.15. The van der Waals surface area contributed by atoms with Crippen LogP contribution in [0.1, 0.15) is 18.2 Å². The van der Waals surface area contributed by atoms with E-state index in [1.165, 1.54) is 11.3 Å². The largest absolute Gasteiger partial charge is 0.324 e. The summed E-state index contributed by atoms with van der Waals surface area (Å²) < 4.78 is 1.56. The molecule has 0 bridgehead atoms. The Morgan fingerprint density at radius 1 is 1.27 bits per heavy atom. The molecule has 1 aliphatic rings. The van der Waals surface area contributed by atoms with E-state index in [2.05, 4.69) is 20.1 Å². The van der Waals surface area contributed by atoms with Gasteiger partial charge in [-0.15, -0.1) is 11.3 Å². The molecule has 0 radical (unpaired) electrons. The summed E-state index contributed by atoms with van der Waals surface area (Å²) in [6.07, 6.45) is 1.75. The molecule has 1 atom stereocenters. The smallest absolute Gasteiger partial charge is 0.258 e. The molecule has 1 fully saturated rings. The van der Waals surface area contributed by atoms with E-state index < -0.39 is 0 Å². The Morgan fingerprint density at radius 3 is 2.80 bits per heavy atom. The zero-order chi connectivity index (χ0) is 21.3. The van der Waals surface area contributed by atoms with Gasteiger partial charge in [0.25, 0.3) is 5.56 Å². The normalized spacial score (nSPS) is 16.6. The van der Waals surface area contributed by atoms with Gasteiger partial charge in [0.2, 0.25) is 5.91 Å². The molecule has 0 aliphatic carbocycles. The number of hydrogen-bond acceptors (Lipinski definition) is 6. The highest BCUT2D eigenvalue weighted by Gasteiger charge is 2.26. The third-order valence-electron chi connectivity index (χ3n) is 5.53. The van der Waals surface area contributed by atoms with E-state index in [9.17, 15) is 9.59 Å². The number of piperazine rings is 1. The summed E-state index contributed by atoms with van der Waals surface area (Å²) in [4.78, 5) is 34.6. The first-order valence-electron chi connectivity index (χ1n) is 9.90. The number of halogens is 1. The summed E-state index contributed by atoms with van der Waals surface area (Å²) in [7, 11) is 0. The Kier molecular flexibility index (Phi) is 6.19. The van der Waals surface area contributed by atoms with Crippen LogP contribution in [0.15, 0.2) is 40.6 Å². The fraction of sp³-hybridized carbons (Fsp3) is 0.381. The predicted octanol–water partition coefficient (Wildman–Crippen LogP) is 2.86. The molecule has 0 saturated carbocycles. The van der Waals surface area contributed by atoms with Crippen molar-refractivity contribution in [3.8, 4) is 0 Å². The fourth-order valence-corrected chi connectivity index (χ4v) is 4.55. The SMILES string of the molecule is Cc1ccc(Cl)cc1NC(=O)C(C)N1CCN(Cc2cc(=O)n3ccsc3n2)CC1. The molecule has 4 rings (SSSR count). The summed E-state index contributed by atoms with van der Waals surface area (Å²) in [5.74, 6) is -0.0355.